The standard InChI is InChI=1S/C18H23FN4O/c1-13-7-8-20-18(21-13)22-15-4-3-9-23(12-15)11-14-5-6-17(24-2)16(19)10-14/h5-8,10,15H,3-4,9,11-12H2,1-2H3,(H,20,21,22). The van der Waals surface area contributed by atoms with Crippen LogP contribution in [0.15, 0.2) is 30.5 Å². The van der Waals surface area contributed by atoms with Crippen LogP contribution in [0, 0.1) is 12.7 Å². The Bertz CT molecular complexity index is 694. The number of nitrogens with one attached hydrogen (secondary N) is 1. The van der Waals surface area contributed by atoms with Crippen molar-refractivity contribution in [2.75, 3.05) is 25.5 Å². The van der Waals surface area contributed by atoms with Crippen molar-refractivity contribution in [3.8, 4) is 5.75 Å². The van der Waals surface area contributed by atoms with E-state index in [0.717, 1.165) is 43.7 Å². The zero-order valence-electron chi connectivity index (χ0n) is 14.1. The van der Waals surface area contributed by atoms with Gasteiger partial charge in [0.15, 0.2) is 11.6 Å². The number of piperidine rings is 1. The summed E-state index contributed by atoms with van der Waals surface area (Å²) in [5.74, 6) is 0.653. The Kier molecular flexibility index (Phi) is 5.25. The van der Waals surface area contributed by atoms with Crippen molar-refractivity contribution in [3.63, 3.8) is 0 Å². The molecule has 1 saturated heterocycles. The maximum Gasteiger partial charge on any atom is 0.223 e. The number of nitrogens with zero attached hydrogens (tertiary/aromatic N) is 3. The Labute approximate surface area is 141 Å². The summed E-state index contributed by atoms with van der Waals surface area (Å²) in [4.78, 5) is 11.0. The highest BCUT2D eigenvalue weighted by Crippen LogP contribution is 2.21. The minimum Gasteiger partial charge on any atom is -0.494 e. The predicted molar refractivity (Wildman–Crippen MR) is 91.6 cm³/mol. The Morgan fingerprint density at radius 1 is 1.38 bits per heavy atom. The maximum absolute atomic E-state index is 13.8. The molecular weight excluding hydrogens is 307 g/mol. The van der Waals surface area contributed by atoms with Crippen molar-refractivity contribution in [2.24, 2.45) is 0 Å². The molecule has 1 atom stereocenters. The summed E-state index contributed by atoms with van der Waals surface area (Å²) in [6.07, 6.45) is 3.96. The highest BCUT2D eigenvalue weighted by Gasteiger charge is 2.21. The largest absolute Gasteiger partial charge is 0.494 e. The number of hydrogen-bond acceptors (Lipinski definition) is 5. The fourth-order valence-corrected chi connectivity index (χ4v) is 3.08. The molecule has 0 saturated carbocycles. The van der Waals surface area contributed by atoms with Crippen LogP contribution in [0.3, 0.4) is 0 Å². The van der Waals surface area contributed by atoms with E-state index in [-0.39, 0.29) is 11.6 Å². The van der Waals surface area contributed by atoms with Crippen LogP contribution in [0.25, 0.3) is 0 Å². The summed E-state index contributed by atoms with van der Waals surface area (Å²) in [6.45, 7) is 4.59. The predicted octanol–water partition coefficient (Wildman–Crippen LogP) is 3.01. The molecule has 1 N–H and O–H groups in total. The number of aromatic nitrogens is 2. The topological polar surface area (TPSA) is 50.3 Å². The van der Waals surface area contributed by atoms with E-state index in [0.29, 0.717) is 12.0 Å². The van der Waals surface area contributed by atoms with E-state index >= 15 is 0 Å². The first-order chi connectivity index (χ1) is 11.6. The van der Waals surface area contributed by atoms with Crippen molar-refractivity contribution >= 4 is 5.95 Å². The van der Waals surface area contributed by atoms with Crippen LogP contribution in [-0.4, -0.2) is 41.1 Å². The second-order valence-electron chi connectivity index (χ2n) is 6.21. The SMILES string of the molecule is COc1ccc(CN2CCCC(Nc3nccc(C)n3)C2)cc1F. The average molecular weight is 330 g/mol. The molecule has 0 amide bonds. The molecule has 1 aromatic carbocycles. The van der Waals surface area contributed by atoms with E-state index in [1.165, 1.54) is 7.11 Å². The molecule has 1 aromatic heterocycles. The molecular formula is C18H23FN4O. The third-order valence-corrected chi connectivity index (χ3v) is 4.26. The van der Waals surface area contributed by atoms with E-state index in [4.69, 9.17) is 4.74 Å². The van der Waals surface area contributed by atoms with Crippen molar-refractivity contribution in [2.45, 2.75) is 32.4 Å². The number of anilines is 1. The normalized spacial score (nSPS) is 18.4. The smallest absolute Gasteiger partial charge is 0.223 e. The van der Waals surface area contributed by atoms with Gasteiger partial charge in [-0.2, -0.15) is 0 Å². The second-order valence-corrected chi connectivity index (χ2v) is 6.21. The first-order valence-corrected chi connectivity index (χ1v) is 8.25. The minimum absolute atomic E-state index is 0.286. The average Bonchev–Trinajstić information content (AvgIpc) is 2.55. The Morgan fingerprint density at radius 2 is 2.25 bits per heavy atom. The summed E-state index contributed by atoms with van der Waals surface area (Å²) < 4.78 is 18.8. The molecule has 1 aliphatic heterocycles. The second kappa shape index (κ2) is 7.57. The Morgan fingerprint density at radius 3 is 3.00 bits per heavy atom. The number of benzene rings is 1. The first kappa shape index (κ1) is 16.6. The van der Waals surface area contributed by atoms with Crippen molar-refractivity contribution in [1.29, 1.82) is 0 Å². The number of rotatable bonds is 5. The van der Waals surface area contributed by atoms with E-state index in [1.54, 1.807) is 18.3 Å². The molecule has 2 aromatic rings. The molecule has 128 valence electrons. The lowest BCUT2D eigenvalue weighted by Crippen LogP contribution is -2.41. The van der Waals surface area contributed by atoms with Gasteiger partial charge in [0.05, 0.1) is 7.11 Å². The molecule has 2 heterocycles. The van der Waals surface area contributed by atoms with Gasteiger partial charge in [-0.1, -0.05) is 6.07 Å². The molecule has 6 heteroatoms. The van der Waals surface area contributed by atoms with Gasteiger partial charge in [-0.15, -0.1) is 0 Å². The Hall–Kier alpha value is -2.21. The fraction of sp³-hybridized carbons (Fsp3) is 0.444. The summed E-state index contributed by atoms with van der Waals surface area (Å²) >= 11 is 0. The number of ether oxygens (including phenoxy) is 1. The molecule has 1 unspecified atom stereocenters. The van der Waals surface area contributed by atoms with E-state index < -0.39 is 0 Å². The zero-order chi connectivity index (χ0) is 16.9. The lowest BCUT2D eigenvalue weighted by atomic mass is 10.0. The van der Waals surface area contributed by atoms with E-state index in [1.807, 2.05) is 19.1 Å². The third kappa shape index (κ3) is 4.20. The van der Waals surface area contributed by atoms with Crippen LogP contribution < -0.4 is 10.1 Å². The highest BCUT2D eigenvalue weighted by atomic mass is 19.1. The zero-order valence-corrected chi connectivity index (χ0v) is 14.1. The van der Waals surface area contributed by atoms with Crippen molar-refractivity contribution < 1.29 is 9.13 Å². The molecule has 0 spiro atoms. The number of methoxy groups -OCH3 is 1. The molecule has 5 nitrogen and oxygen atoms in total. The molecule has 1 fully saturated rings. The molecule has 24 heavy (non-hydrogen) atoms. The van der Waals surface area contributed by atoms with Gasteiger partial charge in [-0.3, -0.25) is 4.90 Å². The fourth-order valence-electron chi connectivity index (χ4n) is 3.08. The van der Waals surface area contributed by atoms with E-state index in [9.17, 15) is 4.39 Å². The number of halogens is 1. The van der Waals surface area contributed by atoms with Crippen molar-refractivity contribution in [3.05, 3.63) is 47.5 Å². The molecule has 0 radical (unpaired) electrons. The Balaban J connectivity index is 1.60. The van der Waals surface area contributed by atoms with Gasteiger partial charge in [0.25, 0.3) is 0 Å². The molecule has 0 aliphatic carbocycles. The summed E-state index contributed by atoms with van der Waals surface area (Å²) in [7, 11) is 1.48. The maximum atomic E-state index is 13.8. The van der Waals surface area contributed by atoms with Crippen molar-refractivity contribution in [1.82, 2.24) is 14.9 Å². The summed E-state index contributed by atoms with van der Waals surface area (Å²) in [5, 5.41) is 3.41. The monoisotopic (exact) mass is 330 g/mol. The number of hydrogen-bond donors (Lipinski definition) is 1. The summed E-state index contributed by atoms with van der Waals surface area (Å²) in [5.41, 5.74) is 1.91. The van der Waals surface area contributed by atoms with Crippen LogP contribution in [0.1, 0.15) is 24.1 Å². The van der Waals surface area contributed by atoms with Gasteiger partial charge in [-0.05, 0) is 50.1 Å². The van der Waals surface area contributed by atoms with Crippen LogP contribution in [-0.2, 0) is 6.54 Å². The lowest BCUT2D eigenvalue weighted by molar-refractivity contribution is 0.208. The van der Waals surface area contributed by atoms with Crippen LogP contribution >= 0.6 is 0 Å². The van der Waals surface area contributed by atoms with Gasteiger partial charge in [0.1, 0.15) is 0 Å². The van der Waals surface area contributed by atoms with Gasteiger partial charge in [0.2, 0.25) is 5.95 Å². The molecule has 1 aliphatic rings. The van der Waals surface area contributed by atoms with Gasteiger partial charge in [-0.25, -0.2) is 14.4 Å². The van der Waals surface area contributed by atoms with Gasteiger partial charge in [0, 0.05) is 31.0 Å². The minimum atomic E-state index is -0.310. The highest BCUT2D eigenvalue weighted by molar-refractivity contribution is 5.30. The van der Waals surface area contributed by atoms with Gasteiger partial charge < -0.3 is 10.1 Å². The number of likely N-dealkylation sites (tertiary alicyclic amines) is 1. The lowest BCUT2D eigenvalue weighted by Gasteiger charge is -2.33. The van der Waals surface area contributed by atoms with Crippen LogP contribution in [0.2, 0.25) is 0 Å². The van der Waals surface area contributed by atoms with E-state index in [2.05, 4.69) is 20.2 Å². The molecule has 3 rings (SSSR count). The first-order valence-electron chi connectivity index (χ1n) is 8.25. The van der Waals surface area contributed by atoms with Gasteiger partial charge >= 0.3 is 0 Å². The number of aryl methyl sites for hydroxylation is 1. The molecule has 0 bridgehead atoms. The third-order valence-electron chi connectivity index (χ3n) is 4.26. The van der Waals surface area contributed by atoms with Crippen LogP contribution in [0.5, 0.6) is 5.75 Å². The van der Waals surface area contributed by atoms with Crippen LogP contribution in [0.4, 0.5) is 10.3 Å². The summed E-state index contributed by atoms with van der Waals surface area (Å²) in [6, 6.07) is 7.35. The quantitative estimate of drug-likeness (QED) is 0.913.